The maximum absolute atomic E-state index is 12.4. The van der Waals surface area contributed by atoms with Gasteiger partial charge in [-0.15, -0.1) is 0 Å². The number of anilines is 4. The largest absolute Gasteiger partial charge is 0.376 e. The van der Waals surface area contributed by atoms with Crippen molar-refractivity contribution in [3.05, 3.63) is 83.9 Å². The number of carbonyl (C=O) groups excluding carboxylic acids is 3. The minimum Gasteiger partial charge on any atom is -0.376 e. The van der Waals surface area contributed by atoms with Crippen LogP contribution in [0.5, 0.6) is 0 Å². The average molecular weight is 473 g/mol. The quantitative estimate of drug-likeness (QED) is 0.264. The van der Waals surface area contributed by atoms with E-state index in [9.17, 15) is 14.4 Å². The van der Waals surface area contributed by atoms with E-state index in [4.69, 9.17) is 0 Å². The number of hydrogen-bond acceptors (Lipinski definition) is 4. The van der Waals surface area contributed by atoms with Gasteiger partial charge in [0.15, 0.2) is 0 Å². The van der Waals surface area contributed by atoms with E-state index in [2.05, 4.69) is 28.2 Å². The maximum atomic E-state index is 12.4. The van der Waals surface area contributed by atoms with Crippen molar-refractivity contribution in [2.24, 2.45) is 0 Å². The SMILES string of the molecule is CCCCCC(=O)Nc1cccc(NCC(=O)Nc2ccc(NC(=O)c3cccc(C)c3)cc2)c1. The maximum Gasteiger partial charge on any atom is 0.255 e. The predicted octanol–water partition coefficient (Wildman–Crippen LogP) is 5.82. The lowest BCUT2D eigenvalue weighted by Gasteiger charge is -2.11. The van der Waals surface area contributed by atoms with Crippen LogP contribution in [0, 0.1) is 6.92 Å². The van der Waals surface area contributed by atoms with Crippen molar-refractivity contribution in [2.45, 2.75) is 39.5 Å². The van der Waals surface area contributed by atoms with E-state index in [1.54, 1.807) is 36.4 Å². The molecule has 0 fully saturated rings. The third-order valence-corrected chi connectivity index (χ3v) is 5.31. The highest BCUT2D eigenvalue weighted by atomic mass is 16.2. The molecule has 0 aliphatic rings. The first-order chi connectivity index (χ1) is 16.9. The number of hydrogen-bond donors (Lipinski definition) is 4. The fourth-order valence-corrected chi connectivity index (χ4v) is 3.48. The fourth-order valence-electron chi connectivity index (χ4n) is 3.48. The normalized spacial score (nSPS) is 10.3. The Balaban J connectivity index is 1.46. The molecule has 0 spiro atoms. The zero-order valence-electron chi connectivity index (χ0n) is 20.2. The monoisotopic (exact) mass is 472 g/mol. The molecule has 0 aliphatic heterocycles. The lowest BCUT2D eigenvalue weighted by molar-refractivity contribution is -0.116. The van der Waals surface area contributed by atoms with Crippen LogP contribution < -0.4 is 21.3 Å². The molecule has 0 saturated carbocycles. The Kier molecular flexibility index (Phi) is 9.42. The van der Waals surface area contributed by atoms with Crippen molar-refractivity contribution >= 4 is 40.5 Å². The molecule has 0 bridgehead atoms. The molecule has 0 aromatic heterocycles. The zero-order chi connectivity index (χ0) is 25.0. The van der Waals surface area contributed by atoms with E-state index in [1.807, 2.05) is 43.3 Å². The van der Waals surface area contributed by atoms with Gasteiger partial charge in [0.25, 0.3) is 5.91 Å². The zero-order valence-corrected chi connectivity index (χ0v) is 20.2. The Labute approximate surface area is 206 Å². The Bertz CT molecular complexity index is 1160. The predicted molar refractivity (Wildman–Crippen MR) is 142 cm³/mol. The van der Waals surface area contributed by atoms with Crippen LogP contribution >= 0.6 is 0 Å². The number of amides is 3. The molecular weight excluding hydrogens is 440 g/mol. The minimum atomic E-state index is -0.212. The number of rotatable bonds is 11. The van der Waals surface area contributed by atoms with Crippen LogP contribution in [-0.2, 0) is 9.59 Å². The Morgan fingerprint density at radius 3 is 2.06 bits per heavy atom. The summed E-state index contributed by atoms with van der Waals surface area (Å²) in [5, 5.41) is 11.6. The Morgan fingerprint density at radius 1 is 0.686 bits per heavy atom. The summed E-state index contributed by atoms with van der Waals surface area (Å²) in [6, 6.07) is 21.6. The summed E-state index contributed by atoms with van der Waals surface area (Å²) >= 11 is 0. The first-order valence-corrected chi connectivity index (χ1v) is 11.8. The van der Waals surface area contributed by atoms with Gasteiger partial charge in [-0.05, 0) is 67.9 Å². The third-order valence-electron chi connectivity index (χ3n) is 5.31. The standard InChI is InChI=1S/C28H32N4O3/c1-3-4-5-12-26(33)31-25-11-7-10-24(18-25)29-19-27(34)30-22-13-15-23(16-14-22)32-28(35)21-9-6-8-20(2)17-21/h6-11,13-18,29H,3-5,12,19H2,1-2H3,(H,30,34)(H,31,33)(H,32,35). The highest BCUT2D eigenvalue weighted by Gasteiger charge is 2.08. The van der Waals surface area contributed by atoms with Gasteiger partial charge in [0.05, 0.1) is 6.54 Å². The first kappa shape index (κ1) is 25.5. The summed E-state index contributed by atoms with van der Waals surface area (Å²) in [6.45, 7) is 4.11. The third kappa shape index (κ3) is 8.62. The lowest BCUT2D eigenvalue weighted by atomic mass is 10.1. The van der Waals surface area contributed by atoms with Gasteiger partial charge in [-0.2, -0.15) is 0 Å². The highest BCUT2D eigenvalue weighted by molar-refractivity contribution is 6.04. The second-order valence-electron chi connectivity index (χ2n) is 8.39. The number of nitrogens with one attached hydrogen (secondary N) is 4. The number of aryl methyl sites for hydroxylation is 1. The van der Waals surface area contributed by atoms with Gasteiger partial charge in [0.1, 0.15) is 0 Å². The first-order valence-electron chi connectivity index (χ1n) is 11.8. The van der Waals surface area contributed by atoms with Crippen molar-refractivity contribution in [3.63, 3.8) is 0 Å². The molecule has 0 radical (unpaired) electrons. The summed E-state index contributed by atoms with van der Waals surface area (Å²) in [7, 11) is 0. The van der Waals surface area contributed by atoms with E-state index in [0.29, 0.717) is 29.0 Å². The van der Waals surface area contributed by atoms with Crippen LogP contribution in [0.2, 0.25) is 0 Å². The number of unbranched alkanes of at least 4 members (excludes halogenated alkanes) is 2. The molecule has 0 heterocycles. The smallest absolute Gasteiger partial charge is 0.255 e. The molecule has 3 aromatic carbocycles. The molecular formula is C28H32N4O3. The molecule has 0 saturated heterocycles. The van der Waals surface area contributed by atoms with Crippen LogP contribution in [0.15, 0.2) is 72.8 Å². The van der Waals surface area contributed by atoms with E-state index in [0.717, 1.165) is 30.5 Å². The van der Waals surface area contributed by atoms with Crippen LogP contribution in [0.4, 0.5) is 22.7 Å². The molecule has 3 amide bonds. The second-order valence-corrected chi connectivity index (χ2v) is 8.39. The molecule has 7 heteroatoms. The van der Waals surface area contributed by atoms with Crippen LogP contribution in [0.3, 0.4) is 0 Å². The van der Waals surface area contributed by atoms with Gasteiger partial charge in [-0.3, -0.25) is 14.4 Å². The summed E-state index contributed by atoms with van der Waals surface area (Å²) < 4.78 is 0. The topological polar surface area (TPSA) is 99.3 Å². The van der Waals surface area contributed by atoms with Gasteiger partial charge in [-0.1, -0.05) is 43.5 Å². The summed E-state index contributed by atoms with van der Waals surface area (Å²) in [5.41, 5.74) is 4.30. The number of benzene rings is 3. The fraction of sp³-hybridized carbons (Fsp3) is 0.250. The number of carbonyl (C=O) groups is 3. The molecule has 35 heavy (non-hydrogen) atoms. The Hall–Kier alpha value is -4.13. The molecule has 3 aromatic rings. The van der Waals surface area contributed by atoms with E-state index in [-0.39, 0.29) is 24.3 Å². The van der Waals surface area contributed by atoms with Crippen molar-refractivity contribution in [3.8, 4) is 0 Å². The van der Waals surface area contributed by atoms with Crippen molar-refractivity contribution < 1.29 is 14.4 Å². The van der Waals surface area contributed by atoms with Gasteiger partial charge in [-0.25, -0.2) is 0 Å². The van der Waals surface area contributed by atoms with Crippen LogP contribution in [0.25, 0.3) is 0 Å². The molecule has 182 valence electrons. The molecule has 0 atom stereocenters. The summed E-state index contributed by atoms with van der Waals surface area (Å²) in [4.78, 5) is 36.8. The van der Waals surface area contributed by atoms with Gasteiger partial charge < -0.3 is 21.3 Å². The summed E-state index contributed by atoms with van der Waals surface area (Å²) in [5.74, 6) is -0.406. The van der Waals surface area contributed by atoms with E-state index in [1.165, 1.54) is 0 Å². The van der Waals surface area contributed by atoms with Crippen molar-refractivity contribution in [2.75, 3.05) is 27.8 Å². The lowest BCUT2D eigenvalue weighted by Crippen LogP contribution is -2.21. The van der Waals surface area contributed by atoms with Crippen molar-refractivity contribution in [1.29, 1.82) is 0 Å². The van der Waals surface area contributed by atoms with Crippen LogP contribution in [0.1, 0.15) is 48.5 Å². The molecule has 7 nitrogen and oxygen atoms in total. The van der Waals surface area contributed by atoms with E-state index >= 15 is 0 Å². The molecule has 3 rings (SSSR count). The molecule has 0 aliphatic carbocycles. The van der Waals surface area contributed by atoms with Gasteiger partial charge in [0.2, 0.25) is 11.8 Å². The summed E-state index contributed by atoms with van der Waals surface area (Å²) in [6.07, 6.45) is 3.49. The highest BCUT2D eigenvalue weighted by Crippen LogP contribution is 2.17. The Morgan fingerprint density at radius 2 is 1.34 bits per heavy atom. The minimum absolute atomic E-state index is 0.00754. The molecule has 0 unspecified atom stereocenters. The second kappa shape index (κ2) is 12.9. The molecule has 4 N–H and O–H groups in total. The van der Waals surface area contributed by atoms with Crippen LogP contribution in [-0.4, -0.2) is 24.3 Å². The van der Waals surface area contributed by atoms with E-state index < -0.39 is 0 Å². The van der Waals surface area contributed by atoms with Gasteiger partial charge in [0, 0.05) is 34.7 Å². The van der Waals surface area contributed by atoms with Gasteiger partial charge >= 0.3 is 0 Å². The average Bonchev–Trinajstić information content (AvgIpc) is 2.84. The van der Waals surface area contributed by atoms with Crippen molar-refractivity contribution in [1.82, 2.24) is 0 Å².